The molecule has 0 aromatic heterocycles. The van der Waals surface area contributed by atoms with Gasteiger partial charge in [0.2, 0.25) is 0 Å². The van der Waals surface area contributed by atoms with Crippen LogP contribution in [0.5, 0.6) is 11.5 Å². The maximum Gasteiger partial charge on any atom is 0.161 e. The first-order chi connectivity index (χ1) is 15.3. The molecule has 5 nitrogen and oxygen atoms in total. The van der Waals surface area contributed by atoms with Gasteiger partial charge in [-0.15, -0.1) is 0 Å². The number of benzene rings is 1. The van der Waals surface area contributed by atoms with Crippen LogP contribution in [-0.2, 0) is 0 Å². The molecule has 1 N–H and O–H groups in total. The molecule has 2 unspecified atom stereocenters. The minimum absolute atomic E-state index is 0.228. The Bertz CT molecular complexity index is 691. The van der Waals surface area contributed by atoms with Crippen LogP contribution in [-0.4, -0.2) is 43.5 Å². The van der Waals surface area contributed by atoms with Crippen LogP contribution in [0.2, 0.25) is 0 Å². The average Bonchev–Trinajstić information content (AvgIpc) is 3.20. The van der Waals surface area contributed by atoms with Gasteiger partial charge in [-0.2, -0.15) is 5.10 Å². The molecule has 0 amide bonds. The number of hydrazone groups is 1. The molecule has 1 aromatic carbocycles. The highest BCUT2D eigenvalue weighted by Crippen LogP contribution is 2.37. The molecule has 2 heterocycles. The Morgan fingerprint density at radius 2 is 1.77 bits per heavy atom. The number of hydrogen-bond donors (Lipinski definition) is 1. The Balaban J connectivity index is 1.55. The van der Waals surface area contributed by atoms with Gasteiger partial charge >= 0.3 is 0 Å². The molecule has 1 saturated heterocycles. The average molecular weight is 430 g/mol. The van der Waals surface area contributed by atoms with Gasteiger partial charge in [0.05, 0.1) is 19.3 Å². The van der Waals surface area contributed by atoms with E-state index in [1.165, 1.54) is 62.8 Å². The molecule has 1 aromatic rings. The van der Waals surface area contributed by atoms with E-state index in [4.69, 9.17) is 9.47 Å². The molecule has 0 saturated carbocycles. The second kappa shape index (κ2) is 12.9. The van der Waals surface area contributed by atoms with Crippen molar-refractivity contribution in [3.05, 3.63) is 23.8 Å². The van der Waals surface area contributed by atoms with E-state index in [2.05, 4.69) is 47.5 Å². The summed E-state index contributed by atoms with van der Waals surface area (Å²) in [6, 6.07) is 6.68. The predicted molar refractivity (Wildman–Crippen MR) is 129 cm³/mol. The molecule has 0 spiro atoms. The van der Waals surface area contributed by atoms with E-state index in [1.807, 2.05) is 6.92 Å². The van der Waals surface area contributed by atoms with Gasteiger partial charge in [-0.3, -0.25) is 0 Å². The van der Waals surface area contributed by atoms with Gasteiger partial charge in [0, 0.05) is 31.1 Å². The summed E-state index contributed by atoms with van der Waals surface area (Å²) in [6.45, 7) is 11.4. The number of nitrogens with one attached hydrogen (secondary N) is 1. The van der Waals surface area contributed by atoms with E-state index >= 15 is 0 Å². The molecule has 0 aliphatic carbocycles. The summed E-state index contributed by atoms with van der Waals surface area (Å²) < 4.78 is 12.1. The highest BCUT2D eigenvalue weighted by Gasteiger charge is 2.37. The Labute approximate surface area is 189 Å². The fourth-order valence-electron chi connectivity index (χ4n) is 4.79. The van der Waals surface area contributed by atoms with Crippen LogP contribution in [0.15, 0.2) is 23.3 Å². The number of unbranched alkanes of at least 4 members (excludes halogenated alkanes) is 6. The Kier molecular flexibility index (Phi) is 9.98. The van der Waals surface area contributed by atoms with Crippen LogP contribution >= 0.6 is 0 Å². The van der Waals surface area contributed by atoms with Crippen LogP contribution in [0.1, 0.15) is 90.2 Å². The summed E-state index contributed by atoms with van der Waals surface area (Å²) in [6.07, 6.45) is 11.3. The Morgan fingerprint density at radius 3 is 2.55 bits per heavy atom. The van der Waals surface area contributed by atoms with Crippen molar-refractivity contribution in [2.45, 2.75) is 84.6 Å². The molecule has 31 heavy (non-hydrogen) atoms. The number of fused-ring (bicyclic) bond motifs is 1. The van der Waals surface area contributed by atoms with Gasteiger partial charge in [-0.1, -0.05) is 58.4 Å². The van der Waals surface area contributed by atoms with Crippen molar-refractivity contribution < 1.29 is 9.47 Å². The van der Waals surface area contributed by atoms with Gasteiger partial charge in [0.15, 0.2) is 11.5 Å². The SMILES string of the molecule is CCCCCCCCCOc1ccc(C2NN=C3CCN(CCC)CC32)cc1OCC. The van der Waals surface area contributed by atoms with Crippen molar-refractivity contribution in [3.8, 4) is 11.5 Å². The quantitative estimate of drug-likeness (QED) is 0.371. The van der Waals surface area contributed by atoms with Gasteiger partial charge in [-0.05, 0) is 44.0 Å². The molecular weight excluding hydrogens is 386 g/mol. The van der Waals surface area contributed by atoms with Crippen LogP contribution < -0.4 is 14.9 Å². The summed E-state index contributed by atoms with van der Waals surface area (Å²) in [5.74, 6) is 2.18. The lowest BCUT2D eigenvalue weighted by Gasteiger charge is -2.33. The second-order valence-corrected chi connectivity index (χ2v) is 8.98. The van der Waals surface area contributed by atoms with Crippen molar-refractivity contribution in [3.63, 3.8) is 0 Å². The topological polar surface area (TPSA) is 46.1 Å². The third-order valence-corrected chi connectivity index (χ3v) is 6.49. The lowest BCUT2D eigenvalue weighted by atomic mass is 9.86. The molecule has 0 radical (unpaired) electrons. The lowest BCUT2D eigenvalue weighted by molar-refractivity contribution is 0.228. The van der Waals surface area contributed by atoms with Crippen LogP contribution in [0.25, 0.3) is 0 Å². The highest BCUT2D eigenvalue weighted by atomic mass is 16.5. The zero-order chi connectivity index (χ0) is 21.9. The number of ether oxygens (including phenoxy) is 2. The Morgan fingerprint density at radius 1 is 0.968 bits per heavy atom. The van der Waals surface area contributed by atoms with E-state index < -0.39 is 0 Å². The first kappa shape index (κ1) is 23.9. The van der Waals surface area contributed by atoms with E-state index in [0.717, 1.165) is 44.0 Å². The van der Waals surface area contributed by atoms with E-state index in [0.29, 0.717) is 12.5 Å². The van der Waals surface area contributed by atoms with Crippen molar-refractivity contribution in [1.82, 2.24) is 10.3 Å². The molecule has 174 valence electrons. The maximum absolute atomic E-state index is 6.11. The van der Waals surface area contributed by atoms with Crippen LogP contribution in [0.3, 0.4) is 0 Å². The maximum atomic E-state index is 6.11. The highest BCUT2D eigenvalue weighted by molar-refractivity contribution is 5.90. The van der Waals surface area contributed by atoms with Crippen molar-refractivity contribution in [1.29, 1.82) is 0 Å². The zero-order valence-electron chi connectivity index (χ0n) is 20.0. The lowest BCUT2D eigenvalue weighted by Crippen LogP contribution is -2.42. The van der Waals surface area contributed by atoms with Gasteiger partial charge < -0.3 is 19.8 Å². The van der Waals surface area contributed by atoms with Gasteiger partial charge in [0.25, 0.3) is 0 Å². The third-order valence-electron chi connectivity index (χ3n) is 6.49. The standard InChI is InChI=1S/C26H43N3O2/c1-4-7-8-9-10-11-12-18-31-24-14-13-21(19-25(24)30-6-3)26-22-20-29(16-5-2)17-15-23(22)27-28-26/h13-14,19,22,26,28H,4-12,15-18,20H2,1-3H3. The summed E-state index contributed by atoms with van der Waals surface area (Å²) in [5, 5.41) is 4.67. The van der Waals surface area contributed by atoms with E-state index in [9.17, 15) is 0 Å². The van der Waals surface area contributed by atoms with Crippen LogP contribution in [0, 0.1) is 5.92 Å². The van der Waals surface area contributed by atoms with E-state index in [1.54, 1.807) is 0 Å². The van der Waals surface area contributed by atoms with Gasteiger partial charge in [0.1, 0.15) is 0 Å². The summed E-state index contributed by atoms with van der Waals surface area (Å²) >= 11 is 0. The van der Waals surface area contributed by atoms with Crippen molar-refractivity contribution in [2.24, 2.45) is 11.0 Å². The van der Waals surface area contributed by atoms with Crippen molar-refractivity contribution >= 4 is 5.71 Å². The second-order valence-electron chi connectivity index (χ2n) is 8.98. The molecule has 2 aliphatic rings. The first-order valence-corrected chi connectivity index (χ1v) is 12.7. The molecule has 2 aliphatic heterocycles. The summed E-state index contributed by atoms with van der Waals surface area (Å²) in [5.41, 5.74) is 5.98. The van der Waals surface area contributed by atoms with Crippen molar-refractivity contribution in [2.75, 3.05) is 32.8 Å². The number of hydrogen-bond acceptors (Lipinski definition) is 5. The third kappa shape index (κ3) is 6.86. The number of nitrogens with zero attached hydrogens (tertiary/aromatic N) is 2. The van der Waals surface area contributed by atoms with Gasteiger partial charge in [-0.25, -0.2) is 0 Å². The zero-order valence-corrected chi connectivity index (χ0v) is 20.0. The number of rotatable bonds is 14. The number of piperidine rings is 1. The fourth-order valence-corrected chi connectivity index (χ4v) is 4.79. The van der Waals surface area contributed by atoms with Crippen LogP contribution in [0.4, 0.5) is 0 Å². The smallest absolute Gasteiger partial charge is 0.161 e. The minimum Gasteiger partial charge on any atom is -0.490 e. The molecule has 3 rings (SSSR count). The fraction of sp³-hybridized carbons (Fsp3) is 0.731. The normalized spacial score (nSPS) is 20.8. The molecule has 1 fully saturated rings. The molecule has 2 atom stereocenters. The molecule has 5 heteroatoms. The van der Waals surface area contributed by atoms with E-state index in [-0.39, 0.29) is 6.04 Å². The minimum atomic E-state index is 0.228. The monoisotopic (exact) mass is 429 g/mol. The molecular formula is C26H43N3O2. The largest absolute Gasteiger partial charge is 0.490 e. The summed E-state index contributed by atoms with van der Waals surface area (Å²) in [4.78, 5) is 2.58. The molecule has 0 bridgehead atoms. The predicted octanol–water partition coefficient (Wildman–Crippen LogP) is 5.95. The Hall–Kier alpha value is -1.75. The number of likely N-dealkylation sites (tertiary alicyclic amines) is 1. The summed E-state index contributed by atoms with van der Waals surface area (Å²) in [7, 11) is 0. The first-order valence-electron chi connectivity index (χ1n) is 12.7.